The average molecular weight is 302 g/mol. The van der Waals surface area contributed by atoms with Crippen LogP contribution < -0.4 is 0 Å². The van der Waals surface area contributed by atoms with E-state index in [1.165, 1.54) is 15.9 Å². The van der Waals surface area contributed by atoms with Crippen molar-refractivity contribution in [2.45, 2.75) is 25.0 Å². The van der Waals surface area contributed by atoms with E-state index in [9.17, 15) is 18.0 Å². The first-order chi connectivity index (χ1) is 9.39. The number of carbonyl (C=O) groups excluding carboxylic acids is 2. The van der Waals surface area contributed by atoms with E-state index >= 15 is 0 Å². The Bertz CT molecular complexity index is 657. The number of β-lactam (4-membered cyclic amide) rings is 1. The summed E-state index contributed by atoms with van der Waals surface area (Å²) in [5.41, 5.74) is 0. The number of fused-ring (bicyclic) bond motifs is 1. The van der Waals surface area contributed by atoms with Crippen LogP contribution in [0.2, 0.25) is 0 Å². The van der Waals surface area contributed by atoms with Crippen LogP contribution in [-0.4, -0.2) is 72.8 Å². The van der Waals surface area contributed by atoms with Gasteiger partial charge in [-0.05, 0) is 16.8 Å². The maximum Gasteiger partial charge on any atom is 0.362 e. The summed E-state index contributed by atoms with van der Waals surface area (Å²) in [6, 6.07) is -1.52. The third kappa shape index (κ3) is 1.84. The average Bonchev–Trinajstić information content (AvgIpc) is 2.93. The van der Waals surface area contributed by atoms with Gasteiger partial charge in [-0.2, -0.15) is 8.42 Å². The summed E-state index contributed by atoms with van der Waals surface area (Å²) in [4.78, 5) is 25.1. The first-order valence-electron chi connectivity index (χ1n) is 5.70. The fourth-order valence-electron chi connectivity index (χ4n) is 2.58. The second-order valence-electron chi connectivity index (χ2n) is 4.51. The lowest BCUT2D eigenvalue weighted by Crippen LogP contribution is -2.68. The van der Waals surface area contributed by atoms with E-state index in [-0.39, 0.29) is 19.0 Å². The highest BCUT2D eigenvalue weighted by Gasteiger charge is 2.59. The van der Waals surface area contributed by atoms with Crippen LogP contribution in [0.1, 0.15) is 6.42 Å². The molecule has 0 radical (unpaired) electrons. The number of carbonyl (C=O) groups is 2. The number of hydrogen-bond donors (Lipinski definition) is 1. The molecule has 20 heavy (non-hydrogen) atoms. The molecule has 0 unspecified atom stereocenters. The van der Waals surface area contributed by atoms with Crippen molar-refractivity contribution in [2.75, 3.05) is 6.54 Å². The first kappa shape index (κ1) is 12.9. The molecular weight excluding hydrogens is 292 g/mol. The molecule has 2 aliphatic heterocycles. The number of likely N-dealkylation sites (tertiary alicyclic amines) is 1. The van der Waals surface area contributed by atoms with E-state index in [1.807, 2.05) is 0 Å². The van der Waals surface area contributed by atoms with E-state index in [0.29, 0.717) is 10.7 Å². The summed E-state index contributed by atoms with van der Waals surface area (Å²) in [6.07, 6.45) is 1.57. The van der Waals surface area contributed by atoms with Crippen molar-refractivity contribution in [3.05, 3.63) is 6.33 Å². The Balaban J connectivity index is 1.73. The highest BCUT2D eigenvalue weighted by Crippen LogP contribution is 2.35. The highest BCUT2D eigenvalue weighted by atomic mass is 32.2. The molecule has 1 aromatic heterocycles. The van der Waals surface area contributed by atoms with Gasteiger partial charge in [0.2, 0.25) is 5.91 Å². The number of hydrogen-bond acceptors (Lipinski definition) is 7. The molecule has 2 saturated heterocycles. The molecule has 0 saturated carbocycles. The molecule has 1 N–H and O–H groups in total. The molecule has 2 fully saturated rings. The lowest BCUT2D eigenvalue weighted by Gasteiger charge is -2.42. The fraction of sp³-hybridized carbons (Fsp3) is 0.625. The Hall–Kier alpha value is -2.08. The SMILES string of the molecule is O=C(Cn1cnnn1)N1CC[C@@H]2[C@H]1C(=O)N2S(=O)(=O)O. The molecule has 3 rings (SSSR count). The van der Waals surface area contributed by atoms with E-state index < -0.39 is 28.3 Å². The van der Waals surface area contributed by atoms with Crippen LogP contribution >= 0.6 is 0 Å². The number of tetrazole rings is 1. The van der Waals surface area contributed by atoms with Crippen LogP contribution in [0.25, 0.3) is 0 Å². The van der Waals surface area contributed by atoms with Gasteiger partial charge in [-0.3, -0.25) is 14.1 Å². The van der Waals surface area contributed by atoms with Gasteiger partial charge >= 0.3 is 10.3 Å². The topological polar surface area (TPSA) is 139 Å². The van der Waals surface area contributed by atoms with Gasteiger partial charge in [-0.1, -0.05) is 0 Å². The van der Waals surface area contributed by atoms with Crippen LogP contribution in [0.15, 0.2) is 6.33 Å². The van der Waals surface area contributed by atoms with Crippen molar-refractivity contribution >= 4 is 22.1 Å². The monoisotopic (exact) mass is 302 g/mol. The quantitative estimate of drug-likeness (QED) is 0.469. The maximum atomic E-state index is 12.0. The molecule has 0 aliphatic carbocycles. The van der Waals surface area contributed by atoms with Crippen molar-refractivity contribution in [2.24, 2.45) is 0 Å². The van der Waals surface area contributed by atoms with Gasteiger partial charge in [0.15, 0.2) is 0 Å². The standard InChI is InChI=1S/C8H10N6O5S/c15-6(3-12-4-9-10-11-12)13-2-1-5-7(13)8(16)14(5)20(17,18)19/h4-5,7H,1-3H2,(H,17,18,19)/t5-,7+/m1/s1. The molecule has 0 spiro atoms. The Labute approximate surface area is 113 Å². The largest absolute Gasteiger partial charge is 0.362 e. The summed E-state index contributed by atoms with van der Waals surface area (Å²) >= 11 is 0. The minimum absolute atomic E-state index is 0.130. The van der Waals surface area contributed by atoms with Crippen molar-refractivity contribution in [1.82, 2.24) is 29.4 Å². The Kier molecular flexibility index (Phi) is 2.72. The number of rotatable bonds is 3. The summed E-state index contributed by atoms with van der Waals surface area (Å²) in [5.74, 6) is -1.17. The zero-order chi connectivity index (χ0) is 14.5. The molecule has 2 atom stereocenters. The Morgan fingerprint density at radius 1 is 1.50 bits per heavy atom. The summed E-state index contributed by atoms with van der Waals surface area (Å²) in [5, 5.41) is 10.3. The molecule has 3 heterocycles. The minimum Gasteiger partial charge on any atom is -0.327 e. The summed E-state index contributed by atoms with van der Waals surface area (Å²) in [7, 11) is -4.56. The van der Waals surface area contributed by atoms with E-state index in [1.54, 1.807) is 0 Å². The van der Waals surface area contributed by atoms with E-state index in [0.717, 1.165) is 0 Å². The first-order valence-corrected chi connectivity index (χ1v) is 7.10. The van der Waals surface area contributed by atoms with Crippen LogP contribution in [0.5, 0.6) is 0 Å². The van der Waals surface area contributed by atoms with Crippen molar-refractivity contribution < 1.29 is 22.6 Å². The van der Waals surface area contributed by atoms with Crippen LogP contribution in [-0.2, 0) is 26.4 Å². The Morgan fingerprint density at radius 3 is 2.85 bits per heavy atom. The third-order valence-electron chi connectivity index (χ3n) is 3.40. The molecule has 108 valence electrons. The second kappa shape index (κ2) is 4.21. The zero-order valence-electron chi connectivity index (χ0n) is 10.0. The van der Waals surface area contributed by atoms with Gasteiger partial charge < -0.3 is 4.90 Å². The maximum absolute atomic E-state index is 12.0. The molecule has 1 aromatic rings. The van der Waals surface area contributed by atoms with Crippen molar-refractivity contribution in [3.8, 4) is 0 Å². The molecule has 2 amide bonds. The zero-order valence-corrected chi connectivity index (χ0v) is 10.8. The van der Waals surface area contributed by atoms with Crippen LogP contribution in [0.4, 0.5) is 0 Å². The number of nitrogens with zero attached hydrogens (tertiary/aromatic N) is 6. The van der Waals surface area contributed by atoms with Gasteiger partial charge in [-0.25, -0.2) is 8.99 Å². The fourth-order valence-corrected chi connectivity index (χ4v) is 3.48. The molecule has 0 aromatic carbocycles. The molecule has 2 aliphatic rings. The Morgan fingerprint density at radius 2 is 2.25 bits per heavy atom. The lowest BCUT2D eigenvalue weighted by atomic mass is 10.0. The van der Waals surface area contributed by atoms with Gasteiger partial charge in [0, 0.05) is 6.54 Å². The van der Waals surface area contributed by atoms with E-state index in [2.05, 4.69) is 15.5 Å². The van der Waals surface area contributed by atoms with Gasteiger partial charge in [0.05, 0.1) is 6.04 Å². The number of aromatic nitrogens is 4. The molecule has 0 bridgehead atoms. The summed E-state index contributed by atoms with van der Waals surface area (Å²) in [6.45, 7) is 0.115. The third-order valence-corrected chi connectivity index (χ3v) is 4.34. The molecule has 11 nitrogen and oxygen atoms in total. The predicted molar refractivity (Wildman–Crippen MR) is 60.1 cm³/mol. The van der Waals surface area contributed by atoms with Gasteiger partial charge in [0.25, 0.3) is 5.91 Å². The van der Waals surface area contributed by atoms with Crippen LogP contribution in [0.3, 0.4) is 0 Å². The number of amides is 2. The van der Waals surface area contributed by atoms with Crippen molar-refractivity contribution in [1.29, 1.82) is 0 Å². The second-order valence-corrected chi connectivity index (χ2v) is 5.80. The molecular formula is C8H10N6O5S. The summed E-state index contributed by atoms with van der Waals surface area (Å²) < 4.78 is 32.6. The smallest absolute Gasteiger partial charge is 0.327 e. The predicted octanol–water partition coefficient (Wildman–Crippen LogP) is -2.71. The lowest BCUT2D eigenvalue weighted by molar-refractivity contribution is -0.152. The van der Waals surface area contributed by atoms with Gasteiger partial charge in [-0.15, -0.1) is 5.10 Å². The van der Waals surface area contributed by atoms with E-state index in [4.69, 9.17) is 4.55 Å². The van der Waals surface area contributed by atoms with Crippen molar-refractivity contribution in [3.63, 3.8) is 0 Å². The van der Waals surface area contributed by atoms with Crippen LogP contribution in [0, 0.1) is 0 Å². The highest BCUT2D eigenvalue weighted by molar-refractivity contribution is 7.84. The van der Waals surface area contributed by atoms with Gasteiger partial charge in [0.1, 0.15) is 18.9 Å². The molecule has 12 heteroatoms. The minimum atomic E-state index is -4.56. The normalized spacial score (nSPS) is 25.6.